The van der Waals surface area contributed by atoms with Crippen molar-refractivity contribution in [2.24, 2.45) is 0 Å². The van der Waals surface area contributed by atoms with E-state index in [1.54, 1.807) is 14.2 Å². The largest absolute Gasteiger partial charge is 0.496 e. The van der Waals surface area contributed by atoms with E-state index >= 15 is 0 Å². The fraction of sp³-hybridized carbons (Fsp3) is 0.143. The van der Waals surface area contributed by atoms with E-state index in [1.165, 1.54) is 0 Å². The zero-order valence-electron chi connectivity index (χ0n) is 19.8. The first-order chi connectivity index (χ1) is 16.8. The highest BCUT2D eigenvalue weighted by Crippen LogP contribution is 2.40. The van der Waals surface area contributed by atoms with Crippen LogP contribution in [-0.4, -0.2) is 34.2 Å². The molecule has 5 rings (SSSR count). The molecule has 6 nitrogen and oxygen atoms in total. The number of benzene rings is 3. The molecule has 0 atom stereocenters. The van der Waals surface area contributed by atoms with Crippen molar-refractivity contribution in [3.05, 3.63) is 85.2 Å². The predicted molar refractivity (Wildman–Crippen MR) is 137 cm³/mol. The number of aromatic nitrogens is 4. The van der Waals surface area contributed by atoms with Crippen molar-refractivity contribution in [1.29, 1.82) is 0 Å². The van der Waals surface area contributed by atoms with E-state index in [-0.39, 0.29) is 0 Å². The van der Waals surface area contributed by atoms with Crippen LogP contribution in [0.2, 0.25) is 0 Å². The molecule has 0 unspecified atom stereocenters. The molecule has 0 saturated carbocycles. The molecule has 5 aromatic rings. The molecule has 2 aromatic heterocycles. The predicted octanol–water partition coefficient (Wildman–Crippen LogP) is 6.84. The van der Waals surface area contributed by atoms with Gasteiger partial charge >= 0.3 is 0 Å². The highest BCUT2D eigenvalue weighted by molar-refractivity contribution is 5.80. The van der Waals surface area contributed by atoms with Crippen LogP contribution in [0.1, 0.15) is 13.8 Å². The lowest BCUT2D eigenvalue weighted by molar-refractivity contribution is 0.396. The van der Waals surface area contributed by atoms with Crippen LogP contribution in [0, 0.1) is 0 Å². The molecular formula is C28H28N4O2. The molecule has 0 spiro atoms. The average Bonchev–Trinajstić information content (AvgIpc) is 3.61. The summed E-state index contributed by atoms with van der Waals surface area (Å²) in [5, 5.41) is 0. The minimum Gasteiger partial charge on any atom is -0.496 e. The number of imidazole rings is 2. The van der Waals surface area contributed by atoms with E-state index in [0.717, 1.165) is 45.3 Å². The molecule has 0 amide bonds. The summed E-state index contributed by atoms with van der Waals surface area (Å²) >= 11 is 0. The number of nitrogens with zero attached hydrogens (tertiary/aromatic N) is 2. The molecule has 0 aliphatic rings. The van der Waals surface area contributed by atoms with Gasteiger partial charge in [-0.25, -0.2) is 9.97 Å². The number of H-pyrrole nitrogens is 2. The lowest BCUT2D eigenvalue weighted by Crippen LogP contribution is -1.94. The van der Waals surface area contributed by atoms with Crippen molar-refractivity contribution in [2.75, 3.05) is 14.2 Å². The number of nitrogens with one attached hydrogen (secondary N) is 2. The first kappa shape index (κ1) is 22.9. The van der Waals surface area contributed by atoms with Gasteiger partial charge in [-0.05, 0) is 6.07 Å². The second kappa shape index (κ2) is 10.5. The minimum absolute atomic E-state index is 0.691. The highest BCUT2D eigenvalue weighted by Gasteiger charge is 2.18. The molecule has 34 heavy (non-hydrogen) atoms. The summed E-state index contributed by atoms with van der Waals surface area (Å²) in [6, 6.07) is 23.9. The molecule has 6 heteroatoms. The van der Waals surface area contributed by atoms with Gasteiger partial charge < -0.3 is 19.4 Å². The van der Waals surface area contributed by atoms with E-state index in [2.05, 4.69) is 19.9 Å². The third-order valence-electron chi connectivity index (χ3n) is 5.35. The van der Waals surface area contributed by atoms with Crippen molar-refractivity contribution in [3.63, 3.8) is 0 Å². The average molecular weight is 453 g/mol. The Bertz CT molecular complexity index is 1240. The second-order valence-electron chi connectivity index (χ2n) is 7.28. The maximum atomic E-state index is 5.67. The first-order valence-corrected chi connectivity index (χ1v) is 11.2. The van der Waals surface area contributed by atoms with Gasteiger partial charge in [-0.3, -0.25) is 0 Å². The summed E-state index contributed by atoms with van der Waals surface area (Å²) in [6.07, 6.45) is 3.64. The van der Waals surface area contributed by atoms with E-state index in [1.807, 2.05) is 99.0 Å². The summed E-state index contributed by atoms with van der Waals surface area (Å²) in [5.41, 5.74) is 5.52. The quantitative estimate of drug-likeness (QED) is 0.296. The Balaban J connectivity index is 0.00000133. The van der Waals surface area contributed by atoms with Crippen molar-refractivity contribution in [1.82, 2.24) is 19.9 Å². The maximum Gasteiger partial charge on any atom is 0.137 e. The number of hydrogen-bond donors (Lipinski definition) is 2. The molecule has 2 heterocycles. The van der Waals surface area contributed by atoms with Crippen LogP contribution in [-0.2, 0) is 0 Å². The monoisotopic (exact) mass is 452 g/mol. The summed E-state index contributed by atoms with van der Waals surface area (Å²) in [5.74, 6) is 2.98. The maximum absolute atomic E-state index is 5.67. The van der Waals surface area contributed by atoms with Gasteiger partial charge in [0, 0.05) is 28.3 Å². The molecular weight excluding hydrogens is 424 g/mol. The van der Waals surface area contributed by atoms with Crippen LogP contribution in [0.5, 0.6) is 11.5 Å². The zero-order chi connectivity index (χ0) is 23.9. The molecule has 2 N–H and O–H groups in total. The zero-order valence-corrected chi connectivity index (χ0v) is 19.8. The van der Waals surface area contributed by atoms with E-state index in [0.29, 0.717) is 11.5 Å². The van der Waals surface area contributed by atoms with E-state index in [4.69, 9.17) is 9.47 Å². The number of ether oxygens (including phenoxy) is 2. The third-order valence-corrected chi connectivity index (χ3v) is 5.35. The molecule has 0 aliphatic heterocycles. The summed E-state index contributed by atoms with van der Waals surface area (Å²) in [7, 11) is 3.30. The normalized spacial score (nSPS) is 10.4. The lowest BCUT2D eigenvalue weighted by Gasteiger charge is -2.13. The third kappa shape index (κ3) is 4.57. The fourth-order valence-corrected chi connectivity index (χ4v) is 3.72. The smallest absolute Gasteiger partial charge is 0.137 e. The number of hydrogen-bond acceptors (Lipinski definition) is 4. The van der Waals surface area contributed by atoms with Crippen LogP contribution < -0.4 is 9.47 Å². The topological polar surface area (TPSA) is 75.8 Å². The van der Waals surface area contributed by atoms with Crippen molar-refractivity contribution >= 4 is 0 Å². The van der Waals surface area contributed by atoms with Crippen molar-refractivity contribution in [3.8, 4) is 56.8 Å². The Kier molecular flexibility index (Phi) is 7.08. The molecule has 3 aromatic carbocycles. The first-order valence-electron chi connectivity index (χ1n) is 11.2. The number of aromatic amines is 2. The van der Waals surface area contributed by atoms with Gasteiger partial charge in [-0.1, -0.05) is 74.5 Å². The lowest BCUT2D eigenvalue weighted by atomic mass is 10.0. The Morgan fingerprint density at radius 1 is 0.588 bits per heavy atom. The molecule has 0 saturated heterocycles. The van der Waals surface area contributed by atoms with Crippen LogP contribution in [0.25, 0.3) is 45.3 Å². The minimum atomic E-state index is 0.691. The van der Waals surface area contributed by atoms with Gasteiger partial charge in [-0.15, -0.1) is 0 Å². The van der Waals surface area contributed by atoms with Crippen LogP contribution in [0.4, 0.5) is 0 Å². The number of methoxy groups -OCH3 is 2. The Labute approximate surface area is 199 Å². The van der Waals surface area contributed by atoms with Crippen LogP contribution >= 0.6 is 0 Å². The van der Waals surface area contributed by atoms with Crippen molar-refractivity contribution < 1.29 is 9.47 Å². The van der Waals surface area contributed by atoms with Gasteiger partial charge in [-0.2, -0.15) is 0 Å². The standard InChI is InChI=1S/C26H22N4O2.C2H6/c1-31-23-14-24(32-2)20(22-16-28-26(30-22)18-11-7-4-8-12-18)13-19(23)21-15-27-25(29-21)17-9-5-3-6-10-17;1-2/h3-16H,1-2H3,(H,27,29)(H,28,30);1-2H3. The van der Waals surface area contributed by atoms with E-state index in [9.17, 15) is 0 Å². The molecule has 0 fully saturated rings. The summed E-state index contributed by atoms with van der Waals surface area (Å²) < 4.78 is 11.3. The van der Waals surface area contributed by atoms with Crippen LogP contribution in [0.3, 0.4) is 0 Å². The van der Waals surface area contributed by atoms with Gasteiger partial charge in [0.2, 0.25) is 0 Å². The van der Waals surface area contributed by atoms with Crippen LogP contribution in [0.15, 0.2) is 85.2 Å². The van der Waals surface area contributed by atoms with Gasteiger partial charge in [0.05, 0.1) is 38.0 Å². The van der Waals surface area contributed by atoms with Gasteiger partial charge in [0.1, 0.15) is 23.1 Å². The molecule has 0 aliphatic carbocycles. The summed E-state index contributed by atoms with van der Waals surface area (Å²) in [4.78, 5) is 15.9. The molecule has 0 bridgehead atoms. The number of rotatable bonds is 6. The Hall–Kier alpha value is -4.32. The summed E-state index contributed by atoms with van der Waals surface area (Å²) in [6.45, 7) is 4.00. The SMILES string of the molecule is CC.COc1cc(OC)c(-c2cnc(-c3ccccc3)[nH]2)cc1-c1cnc(-c2ccccc2)[nH]1. The Morgan fingerprint density at radius 3 is 1.38 bits per heavy atom. The highest BCUT2D eigenvalue weighted by atomic mass is 16.5. The second-order valence-corrected chi connectivity index (χ2v) is 7.28. The van der Waals surface area contributed by atoms with Crippen molar-refractivity contribution in [2.45, 2.75) is 13.8 Å². The van der Waals surface area contributed by atoms with Gasteiger partial charge in [0.15, 0.2) is 0 Å². The molecule has 0 radical (unpaired) electrons. The van der Waals surface area contributed by atoms with Gasteiger partial charge in [0.25, 0.3) is 0 Å². The fourth-order valence-electron chi connectivity index (χ4n) is 3.72. The molecule has 172 valence electrons. The van der Waals surface area contributed by atoms with E-state index < -0.39 is 0 Å². The Morgan fingerprint density at radius 2 is 1.00 bits per heavy atom.